The lowest BCUT2D eigenvalue weighted by Gasteiger charge is -2.26. The molecule has 10 heavy (non-hydrogen) atoms. The largest absolute Gasteiger partial charge is 0.344 e. The molecule has 0 radical (unpaired) electrons. The molecule has 2 fully saturated rings. The Balaban J connectivity index is 0.000000500. The molecule has 3 nitrogen and oxygen atoms in total. The fraction of sp³-hybridized carbons (Fsp3) is 1.00. The van der Waals surface area contributed by atoms with Gasteiger partial charge in [0.05, 0.1) is 0 Å². The third kappa shape index (κ3) is 1.68. The molecule has 2 aliphatic rings. The highest BCUT2D eigenvalue weighted by Gasteiger charge is 2.28. The van der Waals surface area contributed by atoms with Crippen molar-refractivity contribution in [2.24, 2.45) is 0 Å². The topological polar surface area (TPSA) is 50.3 Å². The standard InChI is InChI=1S/C7H14N2.H3N/c1-2-7(1)9-5-3-8-4-6-9;/h7-8H,1-6H2;1H3. The molecule has 0 spiro atoms. The van der Waals surface area contributed by atoms with Crippen molar-refractivity contribution >= 4 is 0 Å². The molecule has 1 aliphatic carbocycles. The molecule has 4 N–H and O–H groups in total. The van der Waals surface area contributed by atoms with Crippen LogP contribution in [-0.4, -0.2) is 37.1 Å². The van der Waals surface area contributed by atoms with Gasteiger partial charge < -0.3 is 11.5 Å². The van der Waals surface area contributed by atoms with E-state index in [4.69, 9.17) is 0 Å². The van der Waals surface area contributed by atoms with E-state index in [0.29, 0.717) is 0 Å². The van der Waals surface area contributed by atoms with Gasteiger partial charge in [-0.25, -0.2) is 0 Å². The smallest absolute Gasteiger partial charge is 0.0110 e. The van der Waals surface area contributed by atoms with Crippen molar-refractivity contribution in [1.82, 2.24) is 16.4 Å². The van der Waals surface area contributed by atoms with Gasteiger partial charge in [-0.2, -0.15) is 0 Å². The summed E-state index contributed by atoms with van der Waals surface area (Å²) in [5, 5.41) is 3.36. The first-order chi connectivity index (χ1) is 4.47. The van der Waals surface area contributed by atoms with E-state index in [0.717, 1.165) is 6.04 Å². The Morgan fingerprint density at radius 3 is 2.20 bits per heavy atom. The van der Waals surface area contributed by atoms with Crippen LogP contribution >= 0.6 is 0 Å². The van der Waals surface area contributed by atoms with Gasteiger partial charge in [0.15, 0.2) is 0 Å². The second-order valence-electron chi connectivity index (χ2n) is 3.02. The number of hydrogen-bond acceptors (Lipinski definition) is 3. The van der Waals surface area contributed by atoms with Crippen molar-refractivity contribution in [3.63, 3.8) is 0 Å². The number of nitrogens with one attached hydrogen (secondary N) is 1. The number of hydrogen-bond donors (Lipinski definition) is 2. The second kappa shape index (κ2) is 3.32. The fourth-order valence-electron chi connectivity index (χ4n) is 1.49. The second-order valence-corrected chi connectivity index (χ2v) is 3.02. The van der Waals surface area contributed by atoms with Crippen LogP contribution < -0.4 is 11.5 Å². The molecule has 1 heterocycles. The van der Waals surface area contributed by atoms with E-state index in [1.54, 1.807) is 0 Å². The Morgan fingerprint density at radius 2 is 1.70 bits per heavy atom. The molecule has 0 amide bonds. The number of rotatable bonds is 1. The highest BCUT2D eigenvalue weighted by molar-refractivity contribution is 4.86. The maximum Gasteiger partial charge on any atom is 0.0110 e. The third-order valence-corrected chi connectivity index (χ3v) is 2.21. The minimum Gasteiger partial charge on any atom is -0.344 e. The Hall–Kier alpha value is -0.120. The summed E-state index contributed by atoms with van der Waals surface area (Å²) in [6.45, 7) is 4.97. The summed E-state index contributed by atoms with van der Waals surface area (Å²) in [7, 11) is 0. The molecular formula is C7H17N3. The zero-order valence-electron chi connectivity index (χ0n) is 6.47. The summed E-state index contributed by atoms with van der Waals surface area (Å²) < 4.78 is 0. The van der Waals surface area contributed by atoms with Gasteiger partial charge in [-0.1, -0.05) is 0 Å². The number of nitrogens with zero attached hydrogens (tertiary/aromatic N) is 1. The van der Waals surface area contributed by atoms with Crippen molar-refractivity contribution in [2.45, 2.75) is 18.9 Å². The Kier molecular flexibility index (Phi) is 2.65. The van der Waals surface area contributed by atoms with Crippen LogP contribution in [0, 0.1) is 0 Å². The molecule has 3 heteroatoms. The lowest BCUT2D eigenvalue weighted by Crippen LogP contribution is -2.44. The van der Waals surface area contributed by atoms with Crippen molar-refractivity contribution < 1.29 is 0 Å². The monoisotopic (exact) mass is 143 g/mol. The fourth-order valence-corrected chi connectivity index (χ4v) is 1.49. The number of piperazine rings is 1. The molecule has 0 aromatic rings. The molecule has 1 aliphatic heterocycles. The van der Waals surface area contributed by atoms with E-state index < -0.39 is 0 Å². The first kappa shape index (κ1) is 7.98. The third-order valence-electron chi connectivity index (χ3n) is 2.21. The molecule has 60 valence electrons. The first-order valence-corrected chi connectivity index (χ1v) is 3.91. The molecule has 0 unspecified atom stereocenters. The Bertz CT molecular complexity index is 95.0. The summed E-state index contributed by atoms with van der Waals surface area (Å²) in [5.74, 6) is 0. The van der Waals surface area contributed by atoms with Crippen LogP contribution in [0.5, 0.6) is 0 Å². The maximum absolute atomic E-state index is 3.36. The summed E-state index contributed by atoms with van der Waals surface area (Å²) >= 11 is 0. The minimum absolute atomic E-state index is 0. The van der Waals surface area contributed by atoms with E-state index in [1.807, 2.05) is 0 Å². The Labute approximate surface area is 62.4 Å². The van der Waals surface area contributed by atoms with E-state index in [2.05, 4.69) is 10.2 Å². The van der Waals surface area contributed by atoms with Gasteiger partial charge in [0.25, 0.3) is 0 Å². The van der Waals surface area contributed by atoms with Crippen LogP contribution in [0.3, 0.4) is 0 Å². The van der Waals surface area contributed by atoms with E-state index in [9.17, 15) is 0 Å². The van der Waals surface area contributed by atoms with E-state index in [1.165, 1.54) is 39.0 Å². The Morgan fingerprint density at radius 1 is 1.10 bits per heavy atom. The predicted molar refractivity (Wildman–Crippen MR) is 42.5 cm³/mol. The quantitative estimate of drug-likeness (QED) is 0.552. The molecule has 1 saturated carbocycles. The van der Waals surface area contributed by atoms with Crippen LogP contribution in [0.4, 0.5) is 0 Å². The molecule has 0 aromatic carbocycles. The van der Waals surface area contributed by atoms with Crippen molar-refractivity contribution in [3.8, 4) is 0 Å². The zero-order valence-corrected chi connectivity index (χ0v) is 6.47. The van der Waals surface area contributed by atoms with Crippen molar-refractivity contribution in [3.05, 3.63) is 0 Å². The van der Waals surface area contributed by atoms with Crippen LogP contribution in [0.25, 0.3) is 0 Å². The van der Waals surface area contributed by atoms with Crippen molar-refractivity contribution in [2.75, 3.05) is 26.2 Å². The van der Waals surface area contributed by atoms with Crippen molar-refractivity contribution in [1.29, 1.82) is 0 Å². The van der Waals surface area contributed by atoms with Gasteiger partial charge in [-0.15, -0.1) is 0 Å². The van der Waals surface area contributed by atoms with Gasteiger partial charge in [0.2, 0.25) is 0 Å². The summed E-state index contributed by atoms with van der Waals surface area (Å²) in [4.78, 5) is 2.61. The summed E-state index contributed by atoms with van der Waals surface area (Å²) in [6.07, 6.45) is 2.92. The van der Waals surface area contributed by atoms with Crippen LogP contribution in [0.1, 0.15) is 12.8 Å². The van der Waals surface area contributed by atoms with Crippen LogP contribution in [-0.2, 0) is 0 Å². The molecule has 1 saturated heterocycles. The lowest BCUT2D eigenvalue weighted by atomic mass is 10.3. The molecular weight excluding hydrogens is 126 g/mol. The highest BCUT2D eigenvalue weighted by atomic mass is 15.2. The van der Waals surface area contributed by atoms with Crippen LogP contribution in [0.15, 0.2) is 0 Å². The first-order valence-electron chi connectivity index (χ1n) is 3.91. The molecule has 0 atom stereocenters. The molecule has 0 aromatic heterocycles. The highest BCUT2D eigenvalue weighted by Crippen LogP contribution is 2.26. The molecule has 2 rings (SSSR count). The normalized spacial score (nSPS) is 27.6. The lowest BCUT2D eigenvalue weighted by molar-refractivity contribution is 0.231. The summed E-state index contributed by atoms with van der Waals surface area (Å²) in [6, 6.07) is 0.979. The van der Waals surface area contributed by atoms with Gasteiger partial charge >= 0.3 is 0 Å². The zero-order chi connectivity index (χ0) is 6.10. The maximum atomic E-state index is 3.36. The average molecular weight is 143 g/mol. The van der Waals surface area contributed by atoms with Crippen LogP contribution in [0.2, 0.25) is 0 Å². The van der Waals surface area contributed by atoms with E-state index >= 15 is 0 Å². The average Bonchev–Trinajstić information content (AvgIpc) is 2.71. The van der Waals surface area contributed by atoms with Gasteiger partial charge in [0, 0.05) is 32.2 Å². The van der Waals surface area contributed by atoms with Gasteiger partial charge in [0.1, 0.15) is 0 Å². The summed E-state index contributed by atoms with van der Waals surface area (Å²) in [5.41, 5.74) is 0. The van der Waals surface area contributed by atoms with Gasteiger partial charge in [-0.05, 0) is 12.8 Å². The van der Waals surface area contributed by atoms with E-state index in [-0.39, 0.29) is 6.15 Å². The SMILES string of the molecule is C1CN(C2CC2)CCN1.N. The van der Waals surface area contributed by atoms with Gasteiger partial charge in [-0.3, -0.25) is 4.90 Å². The minimum atomic E-state index is 0. The predicted octanol–water partition coefficient (Wildman–Crippen LogP) is 0.216. The molecule has 0 bridgehead atoms.